The molecule has 0 aliphatic rings. The first-order chi connectivity index (χ1) is 5.83. The Bertz CT molecular complexity index is 457. The Hall–Kier alpha value is -1.13. The van der Waals surface area contributed by atoms with E-state index >= 15 is 0 Å². The number of imidazole rings is 1. The molecule has 0 unspecified atom stereocenters. The minimum Gasteiger partial charge on any atom is -0.376 e. The number of para-hydroxylation sites is 2. The number of hydrogen-bond donors (Lipinski definition) is 2. The average Bonchev–Trinajstić information content (AvgIpc) is 2.40. The molecule has 0 radical (unpaired) electrons. The molecule has 0 aliphatic heterocycles. The monoisotopic (exact) mass is 180 g/mol. The molecule has 0 saturated heterocycles. The van der Waals surface area contributed by atoms with Gasteiger partial charge in [-0.25, -0.2) is 0 Å². The van der Waals surface area contributed by atoms with Gasteiger partial charge < -0.3 is 10.1 Å². The number of H-pyrrole nitrogens is 1. The standard InChI is InChI=1S/C8H8N2OS/c11-5-10-7-4-2-1-3-6(7)9-8(10)12/h1-4,11H,5H2,(H,9,12). The predicted octanol–water partition coefficient (Wildman–Crippen LogP) is 1.65. The van der Waals surface area contributed by atoms with E-state index in [4.69, 9.17) is 17.3 Å². The second kappa shape index (κ2) is 2.73. The lowest BCUT2D eigenvalue weighted by Gasteiger charge is -1.96. The predicted molar refractivity (Wildman–Crippen MR) is 49.3 cm³/mol. The van der Waals surface area contributed by atoms with Crippen molar-refractivity contribution >= 4 is 23.3 Å². The first-order valence-electron chi connectivity index (χ1n) is 3.61. The second-order valence-electron chi connectivity index (χ2n) is 2.52. The van der Waals surface area contributed by atoms with E-state index in [2.05, 4.69) is 4.98 Å². The van der Waals surface area contributed by atoms with Gasteiger partial charge in [-0.2, -0.15) is 0 Å². The van der Waals surface area contributed by atoms with Crippen molar-refractivity contribution in [3.05, 3.63) is 29.0 Å². The number of fused-ring (bicyclic) bond motifs is 1. The summed E-state index contributed by atoms with van der Waals surface area (Å²) in [6.07, 6.45) is 0. The van der Waals surface area contributed by atoms with Crippen LogP contribution in [0.4, 0.5) is 0 Å². The lowest BCUT2D eigenvalue weighted by molar-refractivity contribution is 0.213. The minimum atomic E-state index is -0.0805. The Morgan fingerprint density at radius 3 is 2.92 bits per heavy atom. The zero-order valence-corrected chi connectivity index (χ0v) is 7.14. The highest BCUT2D eigenvalue weighted by atomic mass is 32.1. The SMILES string of the molecule is OCn1c(=S)[nH]c2ccccc21. The largest absolute Gasteiger partial charge is 0.376 e. The Morgan fingerprint density at radius 1 is 1.42 bits per heavy atom. The number of nitrogens with zero attached hydrogens (tertiary/aromatic N) is 1. The molecule has 1 aromatic carbocycles. The van der Waals surface area contributed by atoms with E-state index in [9.17, 15) is 0 Å². The number of aromatic amines is 1. The number of aliphatic hydroxyl groups excluding tert-OH is 1. The summed E-state index contributed by atoms with van der Waals surface area (Å²) in [4.78, 5) is 3.00. The first-order valence-corrected chi connectivity index (χ1v) is 4.02. The summed E-state index contributed by atoms with van der Waals surface area (Å²) in [5.41, 5.74) is 1.89. The Balaban J connectivity index is 2.91. The summed E-state index contributed by atoms with van der Waals surface area (Å²) in [6.45, 7) is -0.0805. The van der Waals surface area contributed by atoms with Gasteiger partial charge in [-0.1, -0.05) is 12.1 Å². The van der Waals surface area contributed by atoms with Crippen LogP contribution in [-0.2, 0) is 6.73 Å². The maximum absolute atomic E-state index is 8.98. The molecule has 0 fully saturated rings. The van der Waals surface area contributed by atoms with Crippen LogP contribution in [0.2, 0.25) is 0 Å². The van der Waals surface area contributed by atoms with E-state index in [1.54, 1.807) is 4.57 Å². The van der Waals surface area contributed by atoms with E-state index < -0.39 is 0 Å². The molecule has 2 rings (SSSR count). The van der Waals surface area contributed by atoms with Gasteiger partial charge in [-0.15, -0.1) is 0 Å². The van der Waals surface area contributed by atoms with Crippen molar-refractivity contribution < 1.29 is 5.11 Å². The molecule has 2 aromatic rings. The maximum Gasteiger partial charge on any atom is 0.179 e. The molecule has 62 valence electrons. The zero-order valence-electron chi connectivity index (χ0n) is 6.32. The molecule has 0 spiro atoms. The smallest absolute Gasteiger partial charge is 0.179 e. The Morgan fingerprint density at radius 2 is 2.17 bits per heavy atom. The van der Waals surface area contributed by atoms with E-state index in [-0.39, 0.29) is 6.73 Å². The molecule has 0 atom stereocenters. The van der Waals surface area contributed by atoms with Crippen LogP contribution in [-0.4, -0.2) is 14.7 Å². The van der Waals surface area contributed by atoms with Crippen LogP contribution in [0.1, 0.15) is 0 Å². The van der Waals surface area contributed by atoms with Crippen LogP contribution >= 0.6 is 12.2 Å². The fourth-order valence-corrected chi connectivity index (χ4v) is 1.51. The Kier molecular flexibility index (Phi) is 1.71. The topological polar surface area (TPSA) is 41.0 Å². The third-order valence-corrected chi connectivity index (χ3v) is 2.15. The highest BCUT2D eigenvalue weighted by molar-refractivity contribution is 7.71. The quantitative estimate of drug-likeness (QED) is 0.655. The van der Waals surface area contributed by atoms with Gasteiger partial charge in [0.15, 0.2) is 4.77 Å². The summed E-state index contributed by atoms with van der Waals surface area (Å²) < 4.78 is 2.20. The molecule has 1 heterocycles. The number of aliphatic hydroxyl groups is 1. The second-order valence-corrected chi connectivity index (χ2v) is 2.90. The Labute approximate surface area is 74.3 Å². The fourth-order valence-electron chi connectivity index (χ4n) is 1.25. The van der Waals surface area contributed by atoms with Crippen LogP contribution in [0.15, 0.2) is 24.3 Å². The van der Waals surface area contributed by atoms with E-state index in [0.717, 1.165) is 11.0 Å². The van der Waals surface area contributed by atoms with Gasteiger partial charge in [-0.05, 0) is 24.4 Å². The molecule has 12 heavy (non-hydrogen) atoms. The molecule has 4 heteroatoms. The van der Waals surface area contributed by atoms with Crippen molar-refractivity contribution in [1.29, 1.82) is 0 Å². The molecular weight excluding hydrogens is 172 g/mol. The van der Waals surface area contributed by atoms with Gasteiger partial charge in [0.1, 0.15) is 6.73 Å². The van der Waals surface area contributed by atoms with Gasteiger partial charge >= 0.3 is 0 Å². The molecule has 0 amide bonds. The third-order valence-electron chi connectivity index (χ3n) is 1.82. The van der Waals surface area contributed by atoms with E-state index in [1.165, 1.54) is 0 Å². The zero-order chi connectivity index (χ0) is 8.55. The van der Waals surface area contributed by atoms with Crippen molar-refractivity contribution in [3.8, 4) is 0 Å². The van der Waals surface area contributed by atoms with Crippen molar-refractivity contribution in [2.24, 2.45) is 0 Å². The van der Waals surface area contributed by atoms with Gasteiger partial charge in [0.2, 0.25) is 0 Å². The molecule has 0 saturated carbocycles. The van der Waals surface area contributed by atoms with Crippen LogP contribution in [0.25, 0.3) is 11.0 Å². The number of aromatic nitrogens is 2. The molecule has 0 aliphatic carbocycles. The summed E-state index contributed by atoms with van der Waals surface area (Å²) in [5.74, 6) is 0. The van der Waals surface area contributed by atoms with Crippen LogP contribution in [0.3, 0.4) is 0 Å². The van der Waals surface area contributed by atoms with Crippen molar-refractivity contribution in [2.75, 3.05) is 0 Å². The van der Waals surface area contributed by atoms with Gasteiger partial charge in [0, 0.05) is 0 Å². The summed E-state index contributed by atoms with van der Waals surface area (Å²) in [7, 11) is 0. The summed E-state index contributed by atoms with van der Waals surface area (Å²) in [5, 5.41) is 8.98. The summed E-state index contributed by atoms with van der Waals surface area (Å²) in [6, 6.07) is 7.68. The van der Waals surface area contributed by atoms with E-state index in [0.29, 0.717) is 4.77 Å². The molecular formula is C8H8N2OS. The van der Waals surface area contributed by atoms with Crippen LogP contribution in [0, 0.1) is 4.77 Å². The van der Waals surface area contributed by atoms with Crippen molar-refractivity contribution in [3.63, 3.8) is 0 Å². The first kappa shape index (κ1) is 7.52. The van der Waals surface area contributed by atoms with Gasteiger partial charge in [0.25, 0.3) is 0 Å². The molecule has 3 nitrogen and oxygen atoms in total. The average molecular weight is 180 g/mol. The maximum atomic E-state index is 8.98. The molecule has 2 N–H and O–H groups in total. The van der Waals surface area contributed by atoms with Crippen molar-refractivity contribution in [1.82, 2.24) is 9.55 Å². The van der Waals surface area contributed by atoms with Crippen LogP contribution < -0.4 is 0 Å². The summed E-state index contributed by atoms with van der Waals surface area (Å²) >= 11 is 5.00. The molecule has 1 aromatic heterocycles. The van der Waals surface area contributed by atoms with Gasteiger partial charge in [0.05, 0.1) is 11.0 Å². The lowest BCUT2D eigenvalue weighted by atomic mass is 10.3. The highest BCUT2D eigenvalue weighted by Gasteiger charge is 1.99. The number of benzene rings is 1. The third kappa shape index (κ3) is 0.964. The van der Waals surface area contributed by atoms with Crippen molar-refractivity contribution in [2.45, 2.75) is 6.73 Å². The number of nitrogens with one attached hydrogen (secondary N) is 1. The minimum absolute atomic E-state index is 0.0805. The number of rotatable bonds is 1. The number of hydrogen-bond acceptors (Lipinski definition) is 2. The van der Waals surface area contributed by atoms with Gasteiger partial charge in [-0.3, -0.25) is 4.57 Å². The molecule has 0 bridgehead atoms. The normalized spacial score (nSPS) is 10.8. The van der Waals surface area contributed by atoms with Crippen LogP contribution in [0.5, 0.6) is 0 Å². The highest BCUT2D eigenvalue weighted by Crippen LogP contribution is 2.12. The van der Waals surface area contributed by atoms with E-state index in [1.807, 2.05) is 24.3 Å². The lowest BCUT2D eigenvalue weighted by Crippen LogP contribution is -1.95. The fraction of sp³-hybridized carbons (Fsp3) is 0.125.